The van der Waals surface area contributed by atoms with Crippen LogP contribution in [-0.4, -0.2) is 45.8 Å². The maximum atomic E-state index is 13.5. The summed E-state index contributed by atoms with van der Waals surface area (Å²) in [5.74, 6) is -5.28. The SMILES string of the molecule is Cc1nnc(C2CCCCN2C(=O)NC2CCC(C(F)(F)F)C(C3CC(F)(F)C3)C2)o1. The van der Waals surface area contributed by atoms with E-state index in [1.165, 1.54) is 0 Å². The Hall–Kier alpha value is -1.94. The summed E-state index contributed by atoms with van der Waals surface area (Å²) < 4.78 is 72.7. The molecule has 2 aliphatic carbocycles. The number of aryl methyl sites for hydroxylation is 1. The zero-order valence-electron chi connectivity index (χ0n) is 17.3. The maximum absolute atomic E-state index is 13.5. The van der Waals surface area contributed by atoms with E-state index in [0.717, 1.165) is 12.8 Å². The number of alkyl halides is 5. The Morgan fingerprint density at radius 3 is 2.52 bits per heavy atom. The number of hydrogen-bond acceptors (Lipinski definition) is 4. The molecule has 174 valence electrons. The fourth-order valence-corrected chi connectivity index (χ4v) is 5.41. The van der Waals surface area contributed by atoms with E-state index < -0.39 is 48.7 Å². The first-order chi connectivity index (χ1) is 14.5. The third kappa shape index (κ3) is 4.79. The minimum Gasteiger partial charge on any atom is -0.423 e. The van der Waals surface area contributed by atoms with Crippen molar-refractivity contribution in [1.82, 2.24) is 20.4 Å². The standard InChI is InChI=1S/C20H27F5N4O2/c1-11-27-28-17(31-11)16-4-2-3-7-29(16)18(30)26-13-5-6-15(20(23,24)25)14(8-13)12-9-19(21,22)10-12/h12-16H,2-10H2,1H3,(H,26,30). The fraction of sp³-hybridized carbons (Fsp3) is 0.850. The van der Waals surface area contributed by atoms with Crippen LogP contribution >= 0.6 is 0 Å². The monoisotopic (exact) mass is 450 g/mol. The normalized spacial score (nSPS) is 31.9. The number of urea groups is 1. The van der Waals surface area contributed by atoms with Crippen molar-refractivity contribution in [3.05, 3.63) is 11.8 Å². The van der Waals surface area contributed by atoms with Crippen LogP contribution in [0.5, 0.6) is 0 Å². The number of carbonyl (C=O) groups is 1. The zero-order chi connectivity index (χ0) is 22.4. The van der Waals surface area contributed by atoms with Crippen molar-refractivity contribution in [3.8, 4) is 0 Å². The number of rotatable bonds is 3. The number of hydrogen-bond donors (Lipinski definition) is 1. The molecule has 4 rings (SSSR count). The molecule has 0 radical (unpaired) electrons. The van der Waals surface area contributed by atoms with Gasteiger partial charge in [-0.3, -0.25) is 0 Å². The summed E-state index contributed by atoms with van der Waals surface area (Å²) in [4.78, 5) is 14.6. The van der Waals surface area contributed by atoms with Gasteiger partial charge in [-0.2, -0.15) is 13.2 Å². The predicted molar refractivity (Wildman–Crippen MR) is 99.2 cm³/mol. The summed E-state index contributed by atoms with van der Waals surface area (Å²) in [5.41, 5.74) is 0. The van der Waals surface area contributed by atoms with Gasteiger partial charge < -0.3 is 14.6 Å². The van der Waals surface area contributed by atoms with Gasteiger partial charge in [0.05, 0.1) is 5.92 Å². The number of likely N-dealkylation sites (tertiary alicyclic amines) is 1. The van der Waals surface area contributed by atoms with E-state index in [4.69, 9.17) is 4.42 Å². The number of nitrogens with zero attached hydrogens (tertiary/aromatic N) is 3. The van der Waals surface area contributed by atoms with Gasteiger partial charge in [0.2, 0.25) is 17.7 Å². The van der Waals surface area contributed by atoms with Crippen LogP contribution in [0.2, 0.25) is 0 Å². The molecule has 1 N–H and O–H groups in total. The number of aromatic nitrogens is 2. The Labute approximate surface area is 176 Å². The lowest BCUT2D eigenvalue weighted by molar-refractivity contribution is -0.221. The van der Waals surface area contributed by atoms with Crippen molar-refractivity contribution < 1.29 is 31.2 Å². The molecule has 0 bridgehead atoms. The highest BCUT2D eigenvalue weighted by molar-refractivity contribution is 5.75. The van der Waals surface area contributed by atoms with Crippen LogP contribution in [0, 0.1) is 24.7 Å². The van der Waals surface area contributed by atoms with Crippen molar-refractivity contribution in [2.24, 2.45) is 17.8 Å². The summed E-state index contributed by atoms with van der Waals surface area (Å²) in [7, 11) is 0. The second-order valence-electron chi connectivity index (χ2n) is 9.16. The van der Waals surface area contributed by atoms with Crippen LogP contribution in [0.3, 0.4) is 0 Å². The first-order valence-electron chi connectivity index (χ1n) is 10.9. The first-order valence-corrected chi connectivity index (χ1v) is 10.9. The quantitative estimate of drug-likeness (QED) is 0.658. The molecule has 3 fully saturated rings. The molecule has 3 aliphatic rings. The molecule has 1 aromatic rings. The molecule has 0 spiro atoms. The molecule has 1 aliphatic heterocycles. The van der Waals surface area contributed by atoms with Gasteiger partial charge in [0.15, 0.2) is 0 Å². The van der Waals surface area contributed by atoms with E-state index in [-0.39, 0.29) is 31.3 Å². The van der Waals surface area contributed by atoms with Crippen LogP contribution < -0.4 is 5.32 Å². The molecule has 11 heteroatoms. The third-order valence-corrected chi connectivity index (χ3v) is 6.97. The Morgan fingerprint density at radius 2 is 1.90 bits per heavy atom. The van der Waals surface area contributed by atoms with E-state index >= 15 is 0 Å². The summed E-state index contributed by atoms with van der Waals surface area (Å²) in [6.45, 7) is 2.14. The second kappa shape index (κ2) is 8.20. The summed E-state index contributed by atoms with van der Waals surface area (Å²) >= 11 is 0. The summed E-state index contributed by atoms with van der Waals surface area (Å²) in [6.07, 6.45) is -2.99. The number of nitrogens with one attached hydrogen (secondary N) is 1. The highest BCUT2D eigenvalue weighted by Gasteiger charge is 2.56. The van der Waals surface area contributed by atoms with Gasteiger partial charge in [0.1, 0.15) is 6.04 Å². The van der Waals surface area contributed by atoms with E-state index in [1.54, 1.807) is 11.8 Å². The van der Waals surface area contributed by atoms with Gasteiger partial charge in [-0.05, 0) is 50.4 Å². The second-order valence-corrected chi connectivity index (χ2v) is 9.16. The van der Waals surface area contributed by atoms with Crippen LogP contribution in [0.15, 0.2) is 4.42 Å². The lowest BCUT2D eigenvalue weighted by atomic mass is 9.62. The van der Waals surface area contributed by atoms with Crippen molar-refractivity contribution in [1.29, 1.82) is 0 Å². The highest BCUT2D eigenvalue weighted by atomic mass is 19.4. The van der Waals surface area contributed by atoms with E-state index in [9.17, 15) is 26.7 Å². The number of amides is 2. The van der Waals surface area contributed by atoms with Crippen LogP contribution in [0.25, 0.3) is 0 Å². The molecule has 0 aromatic carbocycles. The van der Waals surface area contributed by atoms with Gasteiger partial charge in [0.25, 0.3) is 0 Å². The van der Waals surface area contributed by atoms with Crippen molar-refractivity contribution in [3.63, 3.8) is 0 Å². The average molecular weight is 450 g/mol. The third-order valence-electron chi connectivity index (χ3n) is 6.97. The Morgan fingerprint density at radius 1 is 1.16 bits per heavy atom. The molecule has 4 atom stereocenters. The number of halogens is 5. The van der Waals surface area contributed by atoms with Crippen LogP contribution in [0.1, 0.15) is 69.2 Å². The van der Waals surface area contributed by atoms with Crippen LogP contribution in [0.4, 0.5) is 26.7 Å². The molecule has 1 aromatic heterocycles. The van der Waals surface area contributed by atoms with Gasteiger partial charge in [0, 0.05) is 32.4 Å². The lowest BCUT2D eigenvalue weighted by Crippen LogP contribution is -2.53. The van der Waals surface area contributed by atoms with Gasteiger partial charge in [-0.25, -0.2) is 13.6 Å². The Bertz CT molecular complexity index is 791. The van der Waals surface area contributed by atoms with Crippen molar-refractivity contribution in [2.75, 3.05) is 6.54 Å². The van der Waals surface area contributed by atoms with Gasteiger partial charge >= 0.3 is 12.2 Å². The first kappa shape index (κ1) is 22.3. The minimum atomic E-state index is -4.42. The largest absolute Gasteiger partial charge is 0.423 e. The average Bonchev–Trinajstić information content (AvgIpc) is 3.11. The fourth-order valence-electron chi connectivity index (χ4n) is 5.41. The van der Waals surface area contributed by atoms with Crippen molar-refractivity contribution >= 4 is 6.03 Å². The Kier molecular flexibility index (Phi) is 5.89. The van der Waals surface area contributed by atoms with Crippen LogP contribution in [-0.2, 0) is 0 Å². The molecule has 2 saturated carbocycles. The van der Waals surface area contributed by atoms with E-state index in [0.29, 0.717) is 24.7 Å². The Balaban J connectivity index is 1.43. The summed E-state index contributed by atoms with van der Waals surface area (Å²) in [5, 5.41) is 10.7. The molecule has 6 nitrogen and oxygen atoms in total. The number of piperidine rings is 1. The molecule has 1 saturated heterocycles. The van der Waals surface area contributed by atoms with E-state index in [1.807, 2.05) is 0 Å². The minimum absolute atomic E-state index is 0.0643. The molecular formula is C20H27F5N4O2. The smallest absolute Gasteiger partial charge is 0.392 e. The number of carbonyl (C=O) groups excluding carboxylic acids is 1. The molecule has 2 amide bonds. The highest BCUT2D eigenvalue weighted by Crippen LogP contribution is 2.54. The van der Waals surface area contributed by atoms with Crippen molar-refractivity contribution in [2.45, 2.75) is 82.5 Å². The molecule has 4 unspecified atom stereocenters. The van der Waals surface area contributed by atoms with Gasteiger partial charge in [-0.15, -0.1) is 10.2 Å². The van der Waals surface area contributed by atoms with E-state index in [2.05, 4.69) is 15.5 Å². The molecular weight excluding hydrogens is 423 g/mol. The lowest BCUT2D eigenvalue weighted by Gasteiger charge is -2.47. The summed E-state index contributed by atoms with van der Waals surface area (Å²) in [6, 6.07) is -1.23. The maximum Gasteiger partial charge on any atom is 0.392 e. The topological polar surface area (TPSA) is 71.3 Å². The van der Waals surface area contributed by atoms with Gasteiger partial charge in [-0.1, -0.05) is 0 Å². The molecule has 2 heterocycles. The zero-order valence-corrected chi connectivity index (χ0v) is 17.3. The predicted octanol–water partition coefficient (Wildman–Crippen LogP) is 5.01. The molecule has 31 heavy (non-hydrogen) atoms.